The van der Waals surface area contributed by atoms with Gasteiger partial charge >= 0.3 is 0 Å². The molecule has 3 aromatic rings. The van der Waals surface area contributed by atoms with Crippen molar-refractivity contribution in [2.75, 3.05) is 13.1 Å². The molecule has 35 heavy (non-hydrogen) atoms. The molecule has 1 aromatic carbocycles. The van der Waals surface area contributed by atoms with Crippen molar-refractivity contribution in [1.29, 1.82) is 0 Å². The average Bonchev–Trinajstić information content (AvgIpc) is 3.64. The van der Waals surface area contributed by atoms with Gasteiger partial charge in [0.15, 0.2) is 0 Å². The van der Waals surface area contributed by atoms with Crippen molar-refractivity contribution in [2.45, 2.75) is 30.3 Å². The molecule has 0 bridgehead atoms. The van der Waals surface area contributed by atoms with Crippen LogP contribution >= 0.6 is 11.3 Å². The molecule has 2 aromatic heterocycles. The quantitative estimate of drug-likeness (QED) is 0.309. The van der Waals surface area contributed by atoms with E-state index in [2.05, 4.69) is 4.98 Å². The Kier molecular flexibility index (Phi) is 6.26. The summed E-state index contributed by atoms with van der Waals surface area (Å²) in [7, 11) is -3.61. The second-order valence-corrected chi connectivity index (χ2v) is 11.4. The summed E-state index contributed by atoms with van der Waals surface area (Å²) < 4.78 is 27.1. The van der Waals surface area contributed by atoms with Crippen molar-refractivity contribution in [1.82, 2.24) is 14.2 Å². The Hall–Kier alpha value is -3.34. The van der Waals surface area contributed by atoms with E-state index in [1.807, 2.05) is 23.6 Å². The molecule has 0 spiro atoms. The van der Waals surface area contributed by atoms with Gasteiger partial charge in [-0.25, -0.2) is 8.42 Å². The number of ketones is 1. The summed E-state index contributed by atoms with van der Waals surface area (Å²) in [5.41, 5.74) is 1.01. The van der Waals surface area contributed by atoms with Crippen LogP contribution in [-0.4, -0.2) is 52.5 Å². The molecule has 1 amide bonds. The van der Waals surface area contributed by atoms with Crippen LogP contribution in [-0.2, 0) is 26.2 Å². The van der Waals surface area contributed by atoms with Crippen LogP contribution in [0.3, 0.4) is 0 Å². The summed E-state index contributed by atoms with van der Waals surface area (Å²) in [6, 6.07) is 12.2. The Morgan fingerprint density at radius 1 is 1.06 bits per heavy atom. The number of rotatable bonds is 6. The van der Waals surface area contributed by atoms with Gasteiger partial charge in [-0.15, -0.1) is 11.3 Å². The fraction of sp³-hybridized carbons (Fsp3) is 0.240. The molecule has 2 aliphatic heterocycles. The highest BCUT2D eigenvalue weighted by Crippen LogP contribution is 2.42. The number of Topliss-reactive ketones (excluding diaryl/α,β-unsaturated/α-hetero) is 1. The van der Waals surface area contributed by atoms with Gasteiger partial charge in [-0.1, -0.05) is 12.1 Å². The molecular formula is C25H23N3O5S2. The first-order valence-corrected chi connectivity index (χ1v) is 13.5. The fourth-order valence-corrected chi connectivity index (χ4v) is 6.85. The standard InChI is InChI=1S/C25H23N3O5S2/c29-23(18-7-9-19(10-8-18)35(32,33)27-12-1-2-13-27)21-22(20-6-4-14-34-20)28(25(31)24(21)30)16-17-5-3-11-26-15-17/h3-11,14-15,22,29H,1-2,12-13,16H2. The van der Waals surface area contributed by atoms with E-state index >= 15 is 0 Å². The number of benzene rings is 1. The minimum Gasteiger partial charge on any atom is -0.507 e. The van der Waals surface area contributed by atoms with E-state index in [0.29, 0.717) is 13.1 Å². The van der Waals surface area contributed by atoms with Gasteiger partial charge in [0.25, 0.3) is 11.7 Å². The molecule has 1 N–H and O–H groups in total. The first kappa shape index (κ1) is 23.4. The largest absolute Gasteiger partial charge is 0.507 e. The molecule has 0 aliphatic carbocycles. The number of nitrogens with zero attached hydrogens (tertiary/aromatic N) is 3. The number of aliphatic hydroxyl groups is 1. The number of aromatic nitrogens is 1. The maximum Gasteiger partial charge on any atom is 0.295 e. The van der Waals surface area contributed by atoms with Crippen molar-refractivity contribution in [3.05, 3.63) is 87.9 Å². The lowest BCUT2D eigenvalue weighted by Crippen LogP contribution is -2.28. The van der Waals surface area contributed by atoms with Crippen molar-refractivity contribution < 1.29 is 23.1 Å². The number of hydrogen-bond acceptors (Lipinski definition) is 7. The predicted molar refractivity (Wildman–Crippen MR) is 131 cm³/mol. The van der Waals surface area contributed by atoms with E-state index in [0.717, 1.165) is 23.3 Å². The molecule has 5 rings (SSSR count). The Bertz CT molecular complexity index is 1380. The highest BCUT2D eigenvalue weighted by Gasteiger charge is 2.46. The number of carbonyl (C=O) groups is 2. The van der Waals surface area contributed by atoms with Gasteiger partial charge in [-0.3, -0.25) is 14.6 Å². The average molecular weight is 510 g/mol. The second-order valence-electron chi connectivity index (χ2n) is 8.44. The Labute approximate surface area is 207 Å². The second kappa shape index (κ2) is 9.37. The Balaban J connectivity index is 1.53. The molecule has 1 atom stereocenters. The first-order chi connectivity index (χ1) is 16.9. The minimum atomic E-state index is -3.61. The summed E-state index contributed by atoms with van der Waals surface area (Å²) in [5, 5.41) is 13.0. The zero-order chi connectivity index (χ0) is 24.6. The molecule has 4 heterocycles. The third kappa shape index (κ3) is 4.29. The van der Waals surface area contributed by atoms with Crippen LogP contribution < -0.4 is 0 Å². The third-order valence-electron chi connectivity index (χ3n) is 6.26. The molecular weight excluding hydrogens is 486 g/mol. The lowest BCUT2D eigenvalue weighted by molar-refractivity contribution is -0.140. The van der Waals surface area contributed by atoms with Crippen LogP contribution in [0, 0.1) is 0 Å². The highest BCUT2D eigenvalue weighted by atomic mass is 32.2. The lowest BCUT2D eigenvalue weighted by atomic mass is 10.00. The number of pyridine rings is 1. The number of thiophene rings is 1. The van der Waals surface area contributed by atoms with Crippen LogP contribution in [0.15, 0.2) is 76.8 Å². The summed E-state index contributed by atoms with van der Waals surface area (Å²) >= 11 is 1.38. The Morgan fingerprint density at radius 2 is 1.80 bits per heavy atom. The van der Waals surface area contributed by atoms with Crippen LogP contribution in [0.4, 0.5) is 0 Å². The number of carbonyl (C=O) groups excluding carboxylic acids is 2. The van der Waals surface area contributed by atoms with E-state index in [1.54, 1.807) is 18.5 Å². The summed E-state index contributed by atoms with van der Waals surface area (Å²) in [6.45, 7) is 1.14. The van der Waals surface area contributed by atoms with Gasteiger partial charge in [0.2, 0.25) is 10.0 Å². The maximum absolute atomic E-state index is 13.1. The van der Waals surface area contributed by atoms with E-state index in [4.69, 9.17) is 0 Å². The highest BCUT2D eigenvalue weighted by molar-refractivity contribution is 7.89. The molecule has 0 radical (unpaired) electrons. The topological polar surface area (TPSA) is 108 Å². The number of sulfonamides is 1. The van der Waals surface area contributed by atoms with Crippen LogP contribution in [0.25, 0.3) is 5.76 Å². The molecule has 2 saturated heterocycles. The maximum atomic E-state index is 13.1. The van der Waals surface area contributed by atoms with Gasteiger partial charge in [-0.05, 0) is 60.2 Å². The fourth-order valence-electron chi connectivity index (χ4n) is 4.49. The lowest BCUT2D eigenvalue weighted by Gasteiger charge is -2.24. The van der Waals surface area contributed by atoms with Crippen molar-refractivity contribution in [3.8, 4) is 0 Å². The van der Waals surface area contributed by atoms with E-state index in [1.165, 1.54) is 44.8 Å². The smallest absolute Gasteiger partial charge is 0.295 e. The number of aliphatic hydroxyl groups excluding tert-OH is 1. The number of likely N-dealkylation sites (tertiary alicyclic amines) is 1. The van der Waals surface area contributed by atoms with Crippen LogP contribution in [0.1, 0.15) is 34.9 Å². The zero-order valence-corrected chi connectivity index (χ0v) is 20.3. The number of amides is 1. The van der Waals surface area contributed by atoms with Crippen LogP contribution in [0.5, 0.6) is 0 Å². The molecule has 180 valence electrons. The number of hydrogen-bond donors (Lipinski definition) is 1. The molecule has 10 heteroatoms. The molecule has 0 saturated carbocycles. The van der Waals surface area contributed by atoms with Gasteiger partial charge < -0.3 is 10.0 Å². The zero-order valence-electron chi connectivity index (χ0n) is 18.7. The normalized spacial score (nSPS) is 20.6. The minimum absolute atomic E-state index is 0.0171. The third-order valence-corrected chi connectivity index (χ3v) is 9.10. The van der Waals surface area contributed by atoms with Gasteiger partial charge in [0.1, 0.15) is 5.76 Å². The van der Waals surface area contributed by atoms with Crippen molar-refractivity contribution in [3.63, 3.8) is 0 Å². The monoisotopic (exact) mass is 509 g/mol. The van der Waals surface area contributed by atoms with Crippen molar-refractivity contribution >= 4 is 38.8 Å². The Morgan fingerprint density at radius 3 is 2.43 bits per heavy atom. The van der Waals surface area contributed by atoms with E-state index in [-0.39, 0.29) is 28.3 Å². The van der Waals surface area contributed by atoms with Gasteiger partial charge in [-0.2, -0.15) is 4.31 Å². The van der Waals surface area contributed by atoms with Crippen molar-refractivity contribution in [2.24, 2.45) is 0 Å². The molecule has 8 nitrogen and oxygen atoms in total. The first-order valence-electron chi connectivity index (χ1n) is 11.2. The van der Waals surface area contributed by atoms with Gasteiger partial charge in [0, 0.05) is 42.5 Å². The summed E-state index contributed by atoms with van der Waals surface area (Å²) in [6.07, 6.45) is 4.92. The van der Waals surface area contributed by atoms with Crippen LogP contribution in [0.2, 0.25) is 0 Å². The summed E-state index contributed by atoms with van der Waals surface area (Å²) in [5.74, 6) is -1.82. The van der Waals surface area contributed by atoms with E-state index in [9.17, 15) is 23.1 Å². The van der Waals surface area contributed by atoms with Gasteiger partial charge in [0.05, 0.1) is 16.5 Å². The molecule has 1 unspecified atom stereocenters. The molecule has 2 fully saturated rings. The summed E-state index contributed by atoms with van der Waals surface area (Å²) in [4.78, 5) is 32.5. The SMILES string of the molecule is O=C1C(=O)N(Cc2cccnc2)C(c2cccs2)C1=C(O)c1ccc(S(=O)(=O)N2CCCC2)cc1. The van der Waals surface area contributed by atoms with E-state index < -0.39 is 27.8 Å². The predicted octanol–water partition coefficient (Wildman–Crippen LogP) is 3.55. The molecule has 2 aliphatic rings.